The van der Waals surface area contributed by atoms with Crippen molar-refractivity contribution in [1.29, 1.82) is 0 Å². The van der Waals surface area contributed by atoms with Gasteiger partial charge in [0.2, 0.25) is 0 Å². The molecule has 0 saturated heterocycles. The van der Waals surface area contributed by atoms with E-state index >= 15 is 0 Å². The van der Waals surface area contributed by atoms with Gasteiger partial charge in [-0.2, -0.15) is 8.78 Å². The van der Waals surface area contributed by atoms with Gasteiger partial charge in [0.1, 0.15) is 0 Å². The number of hydrogen-bond acceptors (Lipinski definition) is 5. The molecule has 0 aliphatic carbocycles. The van der Waals surface area contributed by atoms with Crippen LogP contribution in [-0.2, 0) is 15.0 Å². The minimum atomic E-state index is -2.95. The largest absolute Gasteiger partial charge is 0.493 e. The van der Waals surface area contributed by atoms with Crippen molar-refractivity contribution in [1.82, 2.24) is 0 Å². The second kappa shape index (κ2) is 9.86. The maximum absolute atomic E-state index is 12.3. The van der Waals surface area contributed by atoms with Crippen molar-refractivity contribution in [3.05, 3.63) is 53.6 Å². The highest BCUT2D eigenvalue weighted by molar-refractivity contribution is 5.92. The molecule has 0 aliphatic heterocycles. The highest BCUT2D eigenvalue weighted by Crippen LogP contribution is 2.30. The van der Waals surface area contributed by atoms with Gasteiger partial charge in [-0.05, 0) is 35.2 Å². The molecule has 0 bridgehead atoms. The van der Waals surface area contributed by atoms with E-state index in [1.165, 1.54) is 31.5 Å². The molecule has 6 nitrogen and oxygen atoms in total. The van der Waals surface area contributed by atoms with E-state index in [1.54, 1.807) is 0 Å². The van der Waals surface area contributed by atoms with Crippen LogP contribution >= 0.6 is 0 Å². The van der Waals surface area contributed by atoms with Crippen LogP contribution in [0.5, 0.6) is 11.5 Å². The SMILES string of the molecule is COc1cc(/C=N/OCC(=O)Nc2ccccc2C(C)(C)C)ccc1OC(F)F. The van der Waals surface area contributed by atoms with Crippen LogP contribution in [0, 0.1) is 0 Å². The summed E-state index contributed by atoms with van der Waals surface area (Å²) < 4.78 is 34.1. The van der Waals surface area contributed by atoms with E-state index in [4.69, 9.17) is 9.57 Å². The van der Waals surface area contributed by atoms with Gasteiger partial charge in [0, 0.05) is 11.3 Å². The maximum Gasteiger partial charge on any atom is 0.387 e. The molecule has 0 unspecified atom stereocenters. The third kappa shape index (κ3) is 6.74. The van der Waals surface area contributed by atoms with E-state index in [-0.39, 0.29) is 29.4 Å². The zero-order valence-corrected chi connectivity index (χ0v) is 16.7. The fourth-order valence-electron chi connectivity index (χ4n) is 2.58. The number of rotatable bonds is 8. The normalized spacial score (nSPS) is 11.6. The summed E-state index contributed by atoms with van der Waals surface area (Å²) >= 11 is 0. The molecule has 2 aromatic rings. The van der Waals surface area contributed by atoms with Gasteiger partial charge in [-0.3, -0.25) is 4.79 Å². The van der Waals surface area contributed by atoms with Crippen molar-refractivity contribution < 1.29 is 27.9 Å². The van der Waals surface area contributed by atoms with Crippen LogP contribution in [-0.4, -0.2) is 32.4 Å². The van der Waals surface area contributed by atoms with Gasteiger partial charge in [-0.15, -0.1) is 0 Å². The number of halogens is 2. The highest BCUT2D eigenvalue weighted by atomic mass is 19.3. The minimum Gasteiger partial charge on any atom is -0.493 e. The van der Waals surface area contributed by atoms with Crippen molar-refractivity contribution in [3.63, 3.8) is 0 Å². The van der Waals surface area contributed by atoms with E-state index in [1.807, 2.05) is 24.3 Å². The number of benzene rings is 2. The number of carbonyl (C=O) groups is 1. The molecule has 2 aromatic carbocycles. The van der Waals surface area contributed by atoms with Crippen molar-refractivity contribution in [2.24, 2.45) is 5.16 Å². The molecular formula is C21H24F2N2O4. The predicted octanol–water partition coefficient (Wildman–Crippen LogP) is 4.58. The molecule has 0 heterocycles. The summed E-state index contributed by atoms with van der Waals surface area (Å²) in [6.07, 6.45) is 1.34. The Balaban J connectivity index is 1.93. The van der Waals surface area contributed by atoms with Crippen molar-refractivity contribution in [2.45, 2.75) is 32.8 Å². The Labute approximate surface area is 168 Å². The molecule has 8 heteroatoms. The highest BCUT2D eigenvalue weighted by Gasteiger charge is 2.18. The molecule has 1 amide bonds. The molecule has 0 atom stereocenters. The molecule has 0 spiro atoms. The average Bonchev–Trinajstić information content (AvgIpc) is 2.65. The van der Waals surface area contributed by atoms with Gasteiger partial charge in [-0.25, -0.2) is 0 Å². The molecular weight excluding hydrogens is 382 g/mol. The third-order valence-electron chi connectivity index (χ3n) is 3.88. The van der Waals surface area contributed by atoms with Crippen LogP contribution in [0.1, 0.15) is 31.9 Å². The maximum atomic E-state index is 12.3. The zero-order valence-electron chi connectivity index (χ0n) is 16.7. The number of alkyl halides is 2. The van der Waals surface area contributed by atoms with Crippen LogP contribution in [0.2, 0.25) is 0 Å². The van der Waals surface area contributed by atoms with Crippen molar-refractivity contribution in [3.8, 4) is 11.5 Å². The van der Waals surface area contributed by atoms with Crippen LogP contribution in [0.4, 0.5) is 14.5 Å². The van der Waals surface area contributed by atoms with E-state index in [9.17, 15) is 13.6 Å². The Morgan fingerprint density at radius 3 is 2.55 bits per heavy atom. The smallest absolute Gasteiger partial charge is 0.387 e. The first-order valence-corrected chi connectivity index (χ1v) is 8.88. The summed E-state index contributed by atoms with van der Waals surface area (Å²) in [5.41, 5.74) is 2.14. The Morgan fingerprint density at radius 2 is 1.90 bits per heavy atom. The van der Waals surface area contributed by atoms with Gasteiger partial charge < -0.3 is 19.6 Å². The number of oxime groups is 1. The number of para-hydroxylation sites is 1. The van der Waals surface area contributed by atoms with E-state index in [0.29, 0.717) is 5.56 Å². The Kier molecular flexibility index (Phi) is 7.52. The molecule has 0 radical (unpaired) electrons. The van der Waals surface area contributed by atoms with Gasteiger partial charge >= 0.3 is 6.61 Å². The molecule has 29 heavy (non-hydrogen) atoms. The molecule has 0 fully saturated rings. The summed E-state index contributed by atoms with van der Waals surface area (Å²) in [7, 11) is 1.34. The molecule has 1 N–H and O–H groups in total. The van der Waals surface area contributed by atoms with E-state index in [0.717, 1.165) is 11.3 Å². The predicted molar refractivity (Wildman–Crippen MR) is 107 cm³/mol. The van der Waals surface area contributed by atoms with Crippen LogP contribution in [0.25, 0.3) is 0 Å². The second-order valence-corrected chi connectivity index (χ2v) is 7.14. The quantitative estimate of drug-likeness (QED) is 0.515. The lowest BCUT2D eigenvalue weighted by Crippen LogP contribution is -2.21. The van der Waals surface area contributed by atoms with Crippen LogP contribution < -0.4 is 14.8 Å². The molecule has 156 valence electrons. The fourth-order valence-corrected chi connectivity index (χ4v) is 2.58. The topological polar surface area (TPSA) is 69.2 Å². The van der Waals surface area contributed by atoms with Crippen LogP contribution in [0.15, 0.2) is 47.6 Å². The first-order valence-electron chi connectivity index (χ1n) is 8.88. The lowest BCUT2D eigenvalue weighted by Gasteiger charge is -2.22. The lowest BCUT2D eigenvalue weighted by atomic mass is 9.86. The fraction of sp³-hybridized carbons (Fsp3) is 0.333. The molecule has 0 aromatic heterocycles. The second-order valence-electron chi connectivity index (χ2n) is 7.14. The van der Waals surface area contributed by atoms with Gasteiger partial charge in [-0.1, -0.05) is 44.1 Å². The van der Waals surface area contributed by atoms with Gasteiger partial charge in [0.05, 0.1) is 13.3 Å². The molecule has 0 aliphatic rings. The Morgan fingerprint density at radius 1 is 1.17 bits per heavy atom. The molecule has 0 saturated carbocycles. The van der Waals surface area contributed by atoms with Crippen LogP contribution in [0.3, 0.4) is 0 Å². The van der Waals surface area contributed by atoms with E-state index in [2.05, 4.69) is 36.0 Å². The summed E-state index contributed by atoms with van der Waals surface area (Å²) in [5, 5.41) is 6.54. The van der Waals surface area contributed by atoms with Gasteiger partial charge in [0.15, 0.2) is 18.1 Å². The minimum absolute atomic E-state index is 0.0857. The number of nitrogens with zero attached hydrogens (tertiary/aromatic N) is 1. The molecule has 2 rings (SSSR count). The number of amides is 1. The number of methoxy groups -OCH3 is 1. The van der Waals surface area contributed by atoms with E-state index < -0.39 is 6.61 Å². The first-order chi connectivity index (χ1) is 13.7. The van der Waals surface area contributed by atoms with Crippen molar-refractivity contribution in [2.75, 3.05) is 19.0 Å². The first kappa shape index (κ1) is 22.1. The average molecular weight is 406 g/mol. The summed E-state index contributed by atoms with van der Waals surface area (Å²) in [6, 6.07) is 11.9. The van der Waals surface area contributed by atoms with Gasteiger partial charge in [0.25, 0.3) is 5.91 Å². The standard InChI is InChI=1S/C21H24F2N2O4/c1-21(2,3)15-7-5-6-8-16(15)25-19(26)13-28-24-12-14-9-10-17(29-20(22)23)18(11-14)27-4/h5-12,20H,13H2,1-4H3,(H,25,26)/b24-12+. The Bertz CT molecular complexity index is 864. The summed E-state index contributed by atoms with van der Waals surface area (Å²) in [6.45, 7) is 2.95. The number of anilines is 1. The number of ether oxygens (including phenoxy) is 2. The number of carbonyl (C=O) groups excluding carboxylic acids is 1. The number of nitrogens with one attached hydrogen (secondary N) is 1. The lowest BCUT2D eigenvalue weighted by molar-refractivity contribution is -0.120. The zero-order chi connectivity index (χ0) is 21.4. The van der Waals surface area contributed by atoms with Crippen molar-refractivity contribution >= 4 is 17.8 Å². The Hall–Kier alpha value is -3.16. The monoisotopic (exact) mass is 406 g/mol. The summed E-state index contributed by atoms with van der Waals surface area (Å²) in [5.74, 6) is -0.305. The third-order valence-corrected chi connectivity index (χ3v) is 3.88. The number of hydrogen-bond donors (Lipinski definition) is 1. The summed E-state index contributed by atoms with van der Waals surface area (Å²) in [4.78, 5) is 17.2.